The Labute approximate surface area is 180 Å². The van der Waals surface area contributed by atoms with Crippen LogP contribution < -0.4 is 16.0 Å². The third-order valence-corrected chi connectivity index (χ3v) is 4.79. The predicted molar refractivity (Wildman–Crippen MR) is 114 cm³/mol. The molecule has 0 bridgehead atoms. The van der Waals surface area contributed by atoms with Gasteiger partial charge in [0.05, 0.1) is 21.9 Å². The molecule has 1 aromatic carbocycles. The van der Waals surface area contributed by atoms with E-state index in [9.17, 15) is 20.2 Å². The first-order valence-corrected chi connectivity index (χ1v) is 10.2. The second-order valence-corrected chi connectivity index (χ2v) is 6.93. The number of carbonyl (C=O) groups excluding carboxylic acids is 1. The van der Waals surface area contributed by atoms with Gasteiger partial charge in [-0.15, -0.1) is 10.2 Å². The summed E-state index contributed by atoms with van der Waals surface area (Å²) in [6.45, 7) is 5.10. The number of nitriles is 1. The number of hydrogen-bond donors (Lipinski definition) is 3. The highest BCUT2D eigenvalue weighted by Crippen LogP contribution is 2.23. The molecule has 3 N–H and O–H groups in total. The summed E-state index contributed by atoms with van der Waals surface area (Å²) in [5.41, 5.74) is -0.0391. The number of aromatic nitrogens is 5. The van der Waals surface area contributed by atoms with E-state index < -0.39 is 10.8 Å². The van der Waals surface area contributed by atoms with Gasteiger partial charge in [-0.2, -0.15) is 15.2 Å². The van der Waals surface area contributed by atoms with Gasteiger partial charge in [0, 0.05) is 25.2 Å². The van der Waals surface area contributed by atoms with Gasteiger partial charge in [-0.05, 0) is 19.9 Å². The molecule has 1 amide bonds. The number of nitrogens with zero attached hydrogens (tertiary/aromatic N) is 7. The van der Waals surface area contributed by atoms with Crippen molar-refractivity contribution in [2.45, 2.75) is 19.0 Å². The fourth-order valence-electron chi connectivity index (χ4n) is 2.56. The van der Waals surface area contributed by atoms with Crippen LogP contribution in [0.1, 0.15) is 19.4 Å². The highest BCUT2D eigenvalue weighted by molar-refractivity contribution is 7.99. The van der Waals surface area contributed by atoms with E-state index in [1.54, 1.807) is 4.40 Å². The minimum atomic E-state index is -0.607. The molecule has 31 heavy (non-hydrogen) atoms. The van der Waals surface area contributed by atoms with Crippen LogP contribution in [0.5, 0.6) is 0 Å². The van der Waals surface area contributed by atoms with Crippen molar-refractivity contribution >= 4 is 46.7 Å². The largest absolute Gasteiger partial charge is 0.355 e. The Bertz CT molecular complexity index is 1170. The fourth-order valence-corrected chi connectivity index (χ4v) is 3.29. The molecule has 0 atom stereocenters. The lowest BCUT2D eigenvalue weighted by atomic mass is 10.1. The molecule has 0 saturated carbocycles. The number of nitro benzene ring substituents is 1. The van der Waals surface area contributed by atoms with Gasteiger partial charge in [-0.25, -0.2) is 4.40 Å². The zero-order valence-corrected chi connectivity index (χ0v) is 17.4. The van der Waals surface area contributed by atoms with E-state index in [4.69, 9.17) is 0 Å². The summed E-state index contributed by atoms with van der Waals surface area (Å²) in [5.74, 6) is 0.769. The fraction of sp³-hybridized carbons (Fsp3) is 0.294. The van der Waals surface area contributed by atoms with Gasteiger partial charge < -0.3 is 16.0 Å². The Kier molecular flexibility index (Phi) is 6.78. The molecule has 0 fully saturated rings. The van der Waals surface area contributed by atoms with Crippen molar-refractivity contribution in [2.75, 3.05) is 34.8 Å². The second-order valence-electron chi connectivity index (χ2n) is 5.99. The van der Waals surface area contributed by atoms with Crippen LogP contribution >= 0.6 is 11.8 Å². The van der Waals surface area contributed by atoms with Gasteiger partial charge >= 0.3 is 0 Å². The lowest BCUT2D eigenvalue weighted by Crippen LogP contribution is -2.16. The molecule has 160 valence electrons. The van der Waals surface area contributed by atoms with Gasteiger partial charge in [-0.3, -0.25) is 14.9 Å². The number of benzene rings is 1. The summed E-state index contributed by atoms with van der Waals surface area (Å²) in [4.78, 5) is 31.3. The standard InChI is InChI=1S/C17H18N10O3S/c1-3-19-14-22-15(20-4-2)26-16(23-14)24-25-17(26)31-9-13(28)21-12-6-5-11(27(29)30)7-10(12)8-18/h5-7H,3-4,9H2,1-2H3,(H,21,28)(H2,19,20,22,23,24). The van der Waals surface area contributed by atoms with Crippen molar-refractivity contribution in [3.63, 3.8) is 0 Å². The topological polar surface area (TPSA) is 176 Å². The van der Waals surface area contributed by atoms with Gasteiger partial charge in [0.15, 0.2) is 5.16 Å². The third-order valence-electron chi connectivity index (χ3n) is 3.86. The molecule has 0 spiro atoms. The highest BCUT2D eigenvalue weighted by Gasteiger charge is 2.17. The normalized spacial score (nSPS) is 10.5. The van der Waals surface area contributed by atoms with Crippen LogP contribution in [-0.2, 0) is 4.79 Å². The summed E-state index contributed by atoms with van der Waals surface area (Å²) in [6.07, 6.45) is 0. The van der Waals surface area contributed by atoms with Crippen LogP contribution in [0.25, 0.3) is 5.78 Å². The molecule has 0 unspecified atom stereocenters. The molecule has 0 aliphatic rings. The van der Waals surface area contributed by atoms with Gasteiger partial charge in [0.2, 0.25) is 17.8 Å². The minimum absolute atomic E-state index is 0.000682. The quantitative estimate of drug-likeness (QED) is 0.250. The average molecular weight is 442 g/mol. The minimum Gasteiger partial charge on any atom is -0.355 e. The van der Waals surface area contributed by atoms with Crippen LogP contribution in [-0.4, -0.2) is 54.2 Å². The van der Waals surface area contributed by atoms with Crippen molar-refractivity contribution < 1.29 is 9.72 Å². The van der Waals surface area contributed by atoms with Crippen molar-refractivity contribution in [1.29, 1.82) is 5.26 Å². The van der Waals surface area contributed by atoms with E-state index >= 15 is 0 Å². The third kappa shape index (κ3) is 4.95. The summed E-state index contributed by atoms with van der Waals surface area (Å²) >= 11 is 1.11. The number of nitro groups is 1. The maximum Gasteiger partial charge on any atom is 0.270 e. The number of amides is 1. The molecule has 13 nitrogen and oxygen atoms in total. The number of rotatable bonds is 9. The number of carbonyl (C=O) groups is 1. The van der Waals surface area contributed by atoms with E-state index in [0.717, 1.165) is 17.8 Å². The van der Waals surface area contributed by atoms with E-state index in [0.29, 0.717) is 35.9 Å². The summed E-state index contributed by atoms with van der Waals surface area (Å²) in [7, 11) is 0. The summed E-state index contributed by atoms with van der Waals surface area (Å²) < 4.78 is 1.61. The smallest absolute Gasteiger partial charge is 0.270 e. The molecule has 0 radical (unpaired) electrons. The molecular formula is C17H18N10O3S. The lowest BCUT2D eigenvalue weighted by Gasteiger charge is -2.10. The van der Waals surface area contributed by atoms with E-state index in [2.05, 4.69) is 36.1 Å². The Hall–Kier alpha value is -3.99. The summed E-state index contributed by atoms with van der Waals surface area (Å²) in [5, 5.41) is 37.3. The molecule has 2 aromatic heterocycles. The lowest BCUT2D eigenvalue weighted by molar-refractivity contribution is -0.384. The molecule has 2 heterocycles. The first kappa shape index (κ1) is 21.7. The van der Waals surface area contributed by atoms with Crippen molar-refractivity contribution in [2.24, 2.45) is 0 Å². The second kappa shape index (κ2) is 9.67. The molecular weight excluding hydrogens is 424 g/mol. The van der Waals surface area contributed by atoms with Crippen molar-refractivity contribution in [3.05, 3.63) is 33.9 Å². The molecule has 3 rings (SSSR count). The molecule has 14 heteroatoms. The van der Waals surface area contributed by atoms with Crippen molar-refractivity contribution in [3.8, 4) is 6.07 Å². The number of thioether (sulfide) groups is 1. The molecule has 0 saturated heterocycles. The number of nitrogens with one attached hydrogen (secondary N) is 3. The van der Waals surface area contributed by atoms with Crippen LogP contribution in [0.4, 0.5) is 23.3 Å². The van der Waals surface area contributed by atoms with Gasteiger partial charge in [0.25, 0.3) is 11.5 Å². The molecule has 0 aliphatic heterocycles. The predicted octanol–water partition coefficient (Wildman–Crippen LogP) is 1.89. The van der Waals surface area contributed by atoms with E-state index in [1.807, 2.05) is 19.9 Å². The Morgan fingerprint density at radius 3 is 2.71 bits per heavy atom. The zero-order valence-electron chi connectivity index (χ0n) is 16.6. The Balaban J connectivity index is 1.76. The van der Waals surface area contributed by atoms with Crippen LogP contribution in [0, 0.1) is 21.4 Å². The Morgan fingerprint density at radius 2 is 2.03 bits per heavy atom. The van der Waals surface area contributed by atoms with Crippen LogP contribution in [0.2, 0.25) is 0 Å². The highest BCUT2D eigenvalue weighted by atomic mass is 32.2. The van der Waals surface area contributed by atoms with Crippen molar-refractivity contribution in [1.82, 2.24) is 24.6 Å². The maximum atomic E-state index is 12.4. The number of hydrogen-bond acceptors (Lipinski definition) is 11. The maximum absolute atomic E-state index is 12.4. The molecule has 0 aliphatic carbocycles. The first-order chi connectivity index (χ1) is 15.0. The van der Waals surface area contributed by atoms with Crippen LogP contribution in [0.3, 0.4) is 0 Å². The SMILES string of the molecule is CCNc1nc(NCC)n2c(SCC(=O)Nc3ccc([N+](=O)[O-])cc3C#N)nnc2n1. The average Bonchev–Trinajstić information content (AvgIpc) is 3.16. The number of anilines is 3. The number of fused-ring (bicyclic) bond motifs is 1. The van der Waals surface area contributed by atoms with Crippen LogP contribution in [0.15, 0.2) is 23.4 Å². The zero-order chi connectivity index (χ0) is 22.4. The van der Waals surface area contributed by atoms with Gasteiger partial charge in [-0.1, -0.05) is 11.8 Å². The number of non-ortho nitro benzene ring substituents is 1. The Morgan fingerprint density at radius 1 is 1.26 bits per heavy atom. The first-order valence-electron chi connectivity index (χ1n) is 9.18. The van der Waals surface area contributed by atoms with E-state index in [1.165, 1.54) is 12.1 Å². The summed E-state index contributed by atoms with van der Waals surface area (Å²) in [6, 6.07) is 5.50. The van der Waals surface area contributed by atoms with Gasteiger partial charge in [0.1, 0.15) is 6.07 Å². The van der Waals surface area contributed by atoms with E-state index in [-0.39, 0.29) is 22.7 Å². The molecule has 3 aromatic rings. The monoisotopic (exact) mass is 442 g/mol.